The lowest BCUT2D eigenvalue weighted by molar-refractivity contribution is -0.146. The molecule has 0 saturated heterocycles. The van der Waals surface area contributed by atoms with E-state index in [1.54, 1.807) is 25.8 Å². The number of anilines is 1. The highest BCUT2D eigenvalue weighted by Gasteiger charge is 2.46. The number of aromatic nitrogens is 1. The zero-order valence-corrected chi connectivity index (χ0v) is 15.1. The highest BCUT2D eigenvalue weighted by atomic mass is 16.5. The highest BCUT2D eigenvalue weighted by Crippen LogP contribution is 2.45. The summed E-state index contributed by atoms with van der Waals surface area (Å²) in [5.74, 6) is -0.535. The third kappa shape index (κ3) is 2.20. The summed E-state index contributed by atoms with van der Waals surface area (Å²) in [6, 6.07) is 13.8. The normalized spacial score (nSPS) is 19.2. The van der Waals surface area contributed by atoms with Gasteiger partial charge in [-0.15, -0.1) is 0 Å². The van der Waals surface area contributed by atoms with Crippen LogP contribution in [-0.4, -0.2) is 30.5 Å². The first kappa shape index (κ1) is 16.5. The molecule has 4 rings (SSSR count). The molecule has 26 heavy (non-hydrogen) atoms. The smallest absolute Gasteiger partial charge is 0.307 e. The van der Waals surface area contributed by atoms with Crippen molar-refractivity contribution in [2.75, 3.05) is 18.6 Å². The lowest BCUT2D eigenvalue weighted by Gasteiger charge is -2.38. The molecule has 2 heterocycles. The molecular formula is C21H20N2O3. The van der Waals surface area contributed by atoms with E-state index in [0.717, 1.165) is 27.4 Å². The van der Waals surface area contributed by atoms with Crippen molar-refractivity contribution in [1.82, 2.24) is 4.98 Å². The first-order valence-corrected chi connectivity index (χ1v) is 8.73. The first-order chi connectivity index (χ1) is 12.5. The van der Waals surface area contributed by atoms with Gasteiger partial charge < -0.3 is 9.64 Å². The Kier molecular flexibility index (Phi) is 3.68. The lowest BCUT2D eigenvalue weighted by Crippen LogP contribution is -2.48. The zero-order valence-electron chi connectivity index (χ0n) is 15.1. The van der Waals surface area contributed by atoms with Gasteiger partial charge in [-0.1, -0.05) is 30.3 Å². The molecule has 0 fully saturated rings. The van der Waals surface area contributed by atoms with Crippen LogP contribution in [0.25, 0.3) is 21.7 Å². The Balaban J connectivity index is 2.07. The van der Waals surface area contributed by atoms with Gasteiger partial charge in [0, 0.05) is 17.8 Å². The van der Waals surface area contributed by atoms with Crippen LogP contribution in [0, 0.1) is 0 Å². The van der Waals surface area contributed by atoms with E-state index in [0.29, 0.717) is 5.69 Å². The number of para-hydroxylation sites is 1. The van der Waals surface area contributed by atoms with E-state index in [1.807, 2.05) is 42.5 Å². The fourth-order valence-electron chi connectivity index (χ4n) is 3.91. The van der Waals surface area contributed by atoms with Gasteiger partial charge in [0.25, 0.3) is 0 Å². The van der Waals surface area contributed by atoms with Crippen LogP contribution in [0.5, 0.6) is 0 Å². The second-order valence-corrected chi connectivity index (χ2v) is 6.86. The van der Waals surface area contributed by atoms with Crippen LogP contribution in [0.4, 0.5) is 5.69 Å². The standard InChI is InChI=1S/C21H20N2O3/c1-4-26-17(24)12-21(2)19-18-14(13-8-5-6-10-15(13)22-19)9-7-11-16(18)23(3)20(21)25/h5-11H,4,12H2,1-3H3. The van der Waals surface area contributed by atoms with Crippen LogP contribution in [0.2, 0.25) is 0 Å². The fraction of sp³-hybridized carbons (Fsp3) is 0.286. The summed E-state index contributed by atoms with van der Waals surface area (Å²) in [4.78, 5) is 31.9. The number of esters is 1. The van der Waals surface area contributed by atoms with Crippen LogP contribution >= 0.6 is 0 Å². The van der Waals surface area contributed by atoms with Crippen LogP contribution in [-0.2, 0) is 19.7 Å². The minimum atomic E-state index is -1.06. The molecule has 1 unspecified atom stereocenters. The van der Waals surface area contributed by atoms with Gasteiger partial charge in [0.15, 0.2) is 0 Å². The maximum atomic E-state index is 13.2. The molecule has 5 nitrogen and oxygen atoms in total. The molecule has 5 heteroatoms. The molecule has 0 N–H and O–H groups in total. The van der Waals surface area contributed by atoms with Gasteiger partial charge in [0.2, 0.25) is 5.91 Å². The van der Waals surface area contributed by atoms with Gasteiger partial charge in [-0.2, -0.15) is 0 Å². The maximum absolute atomic E-state index is 13.2. The minimum absolute atomic E-state index is 0.0290. The van der Waals surface area contributed by atoms with Gasteiger partial charge in [-0.3, -0.25) is 14.6 Å². The minimum Gasteiger partial charge on any atom is -0.466 e. The summed E-state index contributed by atoms with van der Waals surface area (Å²) < 4.78 is 5.13. The van der Waals surface area contributed by atoms with Crippen molar-refractivity contribution in [2.45, 2.75) is 25.7 Å². The Morgan fingerprint density at radius 3 is 2.65 bits per heavy atom. The van der Waals surface area contributed by atoms with E-state index in [2.05, 4.69) is 0 Å². The Morgan fingerprint density at radius 1 is 1.15 bits per heavy atom. The lowest BCUT2D eigenvalue weighted by atomic mass is 9.76. The molecule has 0 radical (unpaired) electrons. The monoisotopic (exact) mass is 348 g/mol. The van der Waals surface area contributed by atoms with E-state index in [9.17, 15) is 9.59 Å². The second-order valence-electron chi connectivity index (χ2n) is 6.86. The van der Waals surface area contributed by atoms with Crippen molar-refractivity contribution >= 4 is 39.2 Å². The molecule has 0 aliphatic carbocycles. The summed E-state index contributed by atoms with van der Waals surface area (Å²) in [6.45, 7) is 3.84. The van der Waals surface area contributed by atoms with E-state index < -0.39 is 5.41 Å². The summed E-state index contributed by atoms with van der Waals surface area (Å²) in [5, 5.41) is 3.01. The van der Waals surface area contributed by atoms with Crippen molar-refractivity contribution in [3.8, 4) is 0 Å². The summed E-state index contributed by atoms with van der Waals surface area (Å²) in [6.07, 6.45) is -0.0290. The Hall–Kier alpha value is -2.95. The van der Waals surface area contributed by atoms with Crippen molar-refractivity contribution in [2.24, 2.45) is 0 Å². The Bertz CT molecular complexity index is 1060. The number of hydrogen-bond donors (Lipinski definition) is 0. The molecule has 1 aromatic heterocycles. The molecule has 3 aromatic rings. The largest absolute Gasteiger partial charge is 0.466 e. The van der Waals surface area contributed by atoms with Crippen LogP contribution in [0.3, 0.4) is 0 Å². The molecule has 0 bridgehead atoms. The summed E-state index contributed by atoms with van der Waals surface area (Å²) >= 11 is 0. The van der Waals surface area contributed by atoms with Gasteiger partial charge in [0.1, 0.15) is 5.41 Å². The molecule has 0 spiro atoms. The van der Waals surface area contributed by atoms with Gasteiger partial charge in [0.05, 0.1) is 29.9 Å². The van der Waals surface area contributed by atoms with E-state index >= 15 is 0 Å². The molecular weight excluding hydrogens is 328 g/mol. The van der Waals surface area contributed by atoms with Gasteiger partial charge in [-0.05, 0) is 31.4 Å². The molecule has 1 aliphatic rings. The third-order valence-corrected chi connectivity index (χ3v) is 5.17. The van der Waals surface area contributed by atoms with E-state index in [4.69, 9.17) is 9.72 Å². The zero-order chi connectivity index (χ0) is 18.5. The quantitative estimate of drug-likeness (QED) is 0.536. The van der Waals surface area contributed by atoms with Crippen molar-refractivity contribution in [3.05, 3.63) is 48.2 Å². The number of amides is 1. The third-order valence-electron chi connectivity index (χ3n) is 5.17. The molecule has 1 amide bonds. The number of pyridine rings is 1. The van der Waals surface area contributed by atoms with Crippen molar-refractivity contribution < 1.29 is 14.3 Å². The topological polar surface area (TPSA) is 59.5 Å². The van der Waals surface area contributed by atoms with E-state index in [1.165, 1.54) is 0 Å². The number of fused-ring (bicyclic) bond motifs is 2. The van der Waals surface area contributed by atoms with Gasteiger partial charge in [-0.25, -0.2) is 0 Å². The molecule has 1 atom stereocenters. The number of nitrogens with zero attached hydrogens (tertiary/aromatic N) is 2. The number of rotatable bonds is 3. The van der Waals surface area contributed by atoms with Crippen LogP contribution < -0.4 is 4.90 Å². The van der Waals surface area contributed by atoms with Crippen molar-refractivity contribution in [1.29, 1.82) is 0 Å². The SMILES string of the molecule is CCOC(=O)CC1(C)C(=O)N(C)c2cccc3c2c1nc1ccccc13. The highest BCUT2D eigenvalue weighted by molar-refractivity contribution is 6.19. The van der Waals surface area contributed by atoms with Crippen LogP contribution in [0.1, 0.15) is 26.0 Å². The van der Waals surface area contributed by atoms with Gasteiger partial charge >= 0.3 is 5.97 Å². The summed E-state index contributed by atoms with van der Waals surface area (Å²) in [7, 11) is 1.75. The van der Waals surface area contributed by atoms with Crippen molar-refractivity contribution in [3.63, 3.8) is 0 Å². The number of ether oxygens (including phenoxy) is 1. The van der Waals surface area contributed by atoms with E-state index in [-0.39, 0.29) is 24.9 Å². The molecule has 0 saturated carbocycles. The maximum Gasteiger partial charge on any atom is 0.307 e. The molecule has 1 aliphatic heterocycles. The predicted octanol–water partition coefficient (Wildman–Crippen LogP) is 3.58. The molecule has 2 aromatic carbocycles. The Labute approximate surface area is 151 Å². The molecule has 132 valence electrons. The van der Waals surface area contributed by atoms with Crippen LogP contribution in [0.15, 0.2) is 42.5 Å². The average Bonchev–Trinajstić information content (AvgIpc) is 2.64. The summed E-state index contributed by atoms with van der Waals surface area (Å²) in [5.41, 5.74) is 1.23. The first-order valence-electron chi connectivity index (χ1n) is 8.73. The number of benzene rings is 2. The number of hydrogen-bond acceptors (Lipinski definition) is 4. The number of carbonyl (C=O) groups excluding carboxylic acids is 2. The second kappa shape index (κ2) is 5.80. The predicted molar refractivity (Wildman–Crippen MR) is 101 cm³/mol. The fourth-order valence-corrected chi connectivity index (χ4v) is 3.91. The Morgan fingerprint density at radius 2 is 1.88 bits per heavy atom. The number of carbonyl (C=O) groups is 2. The average molecular weight is 348 g/mol. The number of likely N-dealkylation sites (N-methyl/N-ethyl adjacent to an activating group) is 1.